The van der Waals surface area contributed by atoms with Crippen LogP contribution in [-0.2, 0) is 9.47 Å². The molecule has 2 aliphatic carbocycles. The predicted molar refractivity (Wildman–Crippen MR) is 191 cm³/mol. The summed E-state index contributed by atoms with van der Waals surface area (Å²) in [5.41, 5.74) is 0.898. The normalized spacial score (nSPS) is 14.4. The number of ether oxygens (including phenoxy) is 2. The molecule has 2 amide bonds. The SMILES string of the molecule is CC(C)(C)OC(=O)N(c1cc(-c2cccc(F)c2)nc2c(C=O)cnn12)C1CC1.CC(C)(C)OC(=O)N(c1cc(Cl)nc2c(C=O)cnn12)C1CC1. The first-order valence-electron chi connectivity index (χ1n) is 16.7. The van der Waals surface area contributed by atoms with Crippen molar-refractivity contribution < 1.29 is 33.0 Å². The molecule has 0 unspecified atom stereocenters. The number of amides is 2. The molecule has 1 aromatic carbocycles. The third kappa shape index (κ3) is 8.04. The number of aldehydes is 2. The largest absolute Gasteiger partial charge is 0.443 e. The molecule has 0 atom stereocenters. The van der Waals surface area contributed by atoms with Crippen molar-refractivity contribution in [3.8, 4) is 11.3 Å². The summed E-state index contributed by atoms with van der Waals surface area (Å²) in [6.45, 7) is 10.8. The molecule has 0 aliphatic heterocycles. The van der Waals surface area contributed by atoms with Crippen molar-refractivity contribution in [1.82, 2.24) is 29.2 Å². The molecule has 2 saturated carbocycles. The Labute approximate surface area is 303 Å². The van der Waals surface area contributed by atoms with E-state index < -0.39 is 29.2 Å². The summed E-state index contributed by atoms with van der Waals surface area (Å²) in [5, 5.41) is 8.59. The molecule has 7 rings (SSSR count). The van der Waals surface area contributed by atoms with E-state index in [0.717, 1.165) is 25.7 Å². The van der Waals surface area contributed by atoms with Crippen molar-refractivity contribution in [2.45, 2.75) is 90.5 Å². The van der Waals surface area contributed by atoms with E-state index >= 15 is 0 Å². The first-order chi connectivity index (χ1) is 24.6. The van der Waals surface area contributed by atoms with Crippen LogP contribution in [0.1, 0.15) is 87.9 Å². The second-order valence-corrected chi connectivity index (χ2v) is 14.9. The molecule has 272 valence electrons. The quantitative estimate of drug-likeness (QED) is 0.123. The van der Waals surface area contributed by atoms with Crippen LogP contribution < -0.4 is 9.80 Å². The Balaban J connectivity index is 0.000000183. The molecule has 0 N–H and O–H groups in total. The molecule has 52 heavy (non-hydrogen) atoms. The fraction of sp³-hybridized carbons (Fsp3) is 0.389. The Kier molecular flexibility index (Phi) is 9.75. The minimum Gasteiger partial charge on any atom is -0.443 e. The molecule has 5 aromatic rings. The maximum atomic E-state index is 13.8. The summed E-state index contributed by atoms with van der Waals surface area (Å²) in [6.07, 6.45) is 6.57. The van der Waals surface area contributed by atoms with Gasteiger partial charge in [-0.25, -0.2) is 23.9 Å². The maximum Gasteiger partial charge on any atom is 0.416 e. The number of fused-ring (bicyclic) bond motifs is 2. The fourth-order valence-corrected chi connectivity index (χ4v) is 5.53. The van der Waals surface area contributed by atoms with Crippen LogP contribution in [0, 0.1) is 5.82 Å². The molecule has 14 nitrogen and oxygen atoms in total. The van der Waals surface area contributed by atoms with Crippen molar-refractivity contribution in [1.29, 1.82) is 0 Å². The molecule has 0 bridgehead atoms. The molecular formula is C36H38ClFN8O6. The van der Waals surface area contributed by atoms with Gasteiger partial charge in [-0.1, -0.05) is 23.7 Å². The summed E-state index contributed by atoms with van der Waals surface area (Å²) >= 11 is 6.07. The summed E-state index contributed by atoms with van der Waals surface area (Å²) in [4.78, 5) is 59.8. The van der Waals surface area contributed by atoms with Crippen LogP contribution in [0.3, 0.4) is 0 Å². The van der Waals surface area contributed by atoms with Gasteiger partial charge in [0.05, 0.1) is 29.2 Å². The van der Waals surface area contributed by atoms with E-state index in [9.17, 15) is 23.6 Å². The van der Waals surface area contributed by atoms with Crippen LogP contribution in [0.4, 0.5) is 25.6 Å². The zero-order chi connectivity index (χ0) is 37.5. The van der Waals surface area contributed by atoms with E-state index in [1.165, 1.54) is 38.5 Å². The molecule has 4 heterocycles. The average Bonchev–Trinajstić information content (AvgIpc) is 3.98. The van der Waals surface area contributed by atoms with Crippen molar-refractivity contribution >= 4 is 59.3 Å². The summed E-state index contributed by atoms with van der Waals surface area (Å²) in [7, 11) is 0. The zero-order valence-electron chi connectivity index (χ0n) is 29.5. The number of hydrogen-bond acceptors (Lipinski definition) is 10. The summed E-state index contributed by atoms with van der Waals surface area (Å²) in [5.74, 6) is 0.477. The van der Waals surface area contributed by atoms with E-state index in [-0.39, 0.29) is 22.8 Å². The number of hydrogen-bond donors (Lipinski definition) is 0. The second-order valence-electron chi connectivity index (χ2n) is 14.5. The smallest absolute Gasteiger partial charge is 0.416 e. The first kappa shape index (κ1) is 36.4. The van der Waals surface area contributed by atoms with Gasteiger partial charge in [-0.05, 0) is 79.4 Å². The van der Waals surface area contributed by atoms with Gasteiger partial charge in [-0.15, -0.1) is 0 Å². The van der Waals surface area contributed by atoms with Crippen molar-refractivity contribution in [2.75, 3.05) is 9.80 Å². The van der Waals surface area contributed by atoms with Crippen LogP contribution >= 0.6 is 11.6 Å². The Morgan fingerprint density at radius 3 is 1.71 bits per heavy atom. The Morgan fingerprint density at radius 2 is 1.27 bits per heavy atom. The number of carbonyl (C=O) groups is 4. The highest BCUT2D eigenvalue weighted by Gasteiger charge is 2.39. The van der Waals surface area contributed by atoms with Crippen LogP contribution in [-0.4, -0.2) is 77.2 Å². The number of carbonyl (C=O) groups excluding carboxylic acids is 4. The Morgan fingerprint density at radius 1 is 0.788 bits per heavy atom. The lowest BCUT2D eigenvalue weighted by Crippen LogP contribution is -2.39. The van der Waals surface area contributed by atoms with Crippen LogP contribution in [0.2, 0.25) is 5.15 Å². The van der Waals surface area contributed by atoms with Crippen molar-refractivity contribution in [2.24, 2.45) is 0 Å². The van der Waals surface area contributed by atoms with Crippen molar-refractivity contribution in [3.05, 3.63) is 70.9 Å². The number of anilines is 2. The molecule has 16 heteroatoms. The van der Waals surface area contributed by atoms with Gasteiger partial charge in [0.25, 0.3) is 0 Å². The third-order valence-electron chi connectivity index (χ3n) is 7.80. The van der Waals surface area contributed by atoms with E-state index in [1.807, 2.05) is 20.8 Å². The number of halogens is 2. The molecule has 0 radical (unpaired) electrons. The number of benzene rings is 1. The highest BCUT2D eigenvalue weighted by Crippen LogP contribution is 2.36. The minimum absolute atomic E-state index is 0.0281. The fourth-order valence-electron chi connectivity index (χ4n) is 5.35. The van der Waals surface area contributed by atoms with E-state index in [2.05, 4.69) is 20.2 Å². The van der Waals surface area contributed by atoms with E-state index in [0.29, 0.717) is 52.3 Å². The van der Waals surface area contributed by atoms with Gasteiger partial charge in [0.2, 0.25) is 0 Å². The minimum atomic E-state index is -0.667. The van der Waals surface area contributed by atoms with Gasteiger partial charge in [-0.3, -0.25) is 19.4 Å². The molecule has 2 aliphatic rings. The standard InChI is InChI=1S/C21H21FN4O3.C15H17ClN4O3/c1-21(2,3)29-20(28)25(16-7-8-16)18-10-17(13-5-4-6-15(22)9-13)24-19-14(12-27)11-23-26(18)19;1-15(2,3)23-14(22)19(10-4-5-10)12-6-11(16)18-13-9(8-21)7-17-20(12)13/h4-6,9-12,16H,7-8H2,1-3H3;6-8,10H,4-5H2,1-3H3. The van der Waals surface area contributed by atoms with Gasteiger partial charge < -0.3 is 9.47 Å². The highest BCUT2D eigenvalue weighted by atomic mass is 35.5. The first-order valence-corrected chi connectivity index (χ1v) is 17.1. The van der Waals surface area contributed by atoms with Gasteiger partial charge in [0.15, 0.2) is 23.9 Å². The zero-order valence-corrected chi connectivity index (χ0v) is 30.3. The third-order valence-corrected chi connectivity index (χ3v) is 8.00. The molecule has 2 fully saturated rings. The molecule has 0 saturated heterocycles. The Hall–Kier alpha value is -5.44. The van der Waals surface area contributed by atoms with Crippen LogP contribution in [0.25, 0.3) is 22.6 Å². The number of nitrogens with zero attached hydrogens (tertiary/aromatic N) is 8. The lowest BCUT2D eigenvalue weighted by Gasteiger charge is -2.27. The monoisotopic (exact) mass is 732 g/mol. The molecule has 0 spiro atoms. The topological polar surface area (TPSA) is 154 Å². The van der Waals surface area contributed by atoms with E-state index in [4.69, 9.17) is 21.1 Å². The van der Waals surface area contributed by atoms with Crippen molar-refractivity contribution in [3.63, 3.8) is 0 Å². The predicted octanol–water partition coefficient (Wildman–Crippen LogP) is 7.35. The Bertz CT molecular complexity index is 2180. The van der Waals surface area contributed by atoms with Crippen LogP contribution in [0.15, 0.2) is 48.8 Å². The second kappa shape index (κ2) is 13.9. The number of aromatic nitrogens is 6. The highest BCUT2D eigenvalue weighted by molar-refractivity contribution is 6.30. The maximum absolute atomic E-state index is 13.8. The number of rotatable bonds is 7. The lowest BCUT2D eigenvalue weighted by molar-refractivity contribution is 0.0564. The average molecular weight is 733 g/mol. The molecule has 4 aromatic heterocycles. The summed E-state index contributed by atoms with van der Waals surface area (Å²) in [6, 6.07) is 9.24. The van der Waals surface area contributed by atoms with Gasteiger partial charge in [-0.2, -0.15) is 19.2 Å². The van der Waals surface area contributed by atoms with Gasteiger partial charge in [0, 0.05) is 29.8 Å². The van der Waals surface area contributed by atoms with Gasteiger partial charge >= 0.3 is 12.2 Å². The lowest BCUT2D eigenvalue weighted by atomic mass is 10.1. The van der Waals surface area contributed by atoms with Gasteiger partial charge in [0.1, 0.15) is 33.8 Å². The van der Waals surface area contributed by atoms with E-state index in [1.54, 1.807) is 49.9 Å². The molecular weight excluding hydrogens is 695 g/mol. The summed E-state index contributed by atoms with van der Waals surface area (Å²) < 4.78 is 27.8. The van der Waals surface area contributed by atoms with Crippen LogP contribution in [0.5, 0.6) is 0 Å².